The van der Waals surface area contributed by atoms with Crippen molar-refractivity contribution in [2.75, 3.05) is 6.54 Å². The molecule has 0 bridgehead atoms. The normalized spacial score (nSPS) is 19.8. The summed E-state index contributed by atoms with van der Waals surface area (Å²) in [7, 11) is -0.778. The average Bonchev–Trinajstić information content (AvgIpc) is 2.26. The predicted molar refractivity (Wildman–Crippen MR) is 66.1 cm³/mol. The van der Waals surface area contributed by atoms with E-state index in [1.54, 1.807) is 29.8 Å². The van der Waals surface area contributed by atoms with Crippen LogP contribution in [0.15, 0.2) is 18.2 Å². The number of aliphatic carboxylic acids is 1. The van der Waals surface area contributed by atoms with Crippen LogP contribution < -0.4 is 0 Å². The smallest absolute Gasteiger partial charge is 0.377 e. The lowest BCUT2D eigenvalue weighted by molar-refractivity contribution is -0.142. The Bertz CT molecular complexity index is 452. The van der Waals surface area contributed by atoms with Crippen LogP contribution in [0.25, 0.3) is 0 Å². The van der Waals surface area contributed by atoms with Gasteiger partial charge in [-0.05, 0) is 43.0 Å². The minimum Gasteiger partial charge on any atom is -0.480 e. The van der Waals surface area contributed by atoms with Gasteiger partial charge in [0, 0.05) is 5.02 Å². The Balaban J connectivity index is 2.46. The van der Waals surface area contributed by atoms with Crippen LogP contribution in [0.3, 0.4) is 0 Å². The highest BCUT2D eigenvalue weighted by Crippen LogP contribution is 2.31. The molecule has 6 heteroatoms. The van der Waals surface area contributed by atoms with E-state index in [9.17, 15) is 14.9 Å². The third-order valence-electron chi connectivity index (χ3n) is 3.08. The van der Waals surface area contributed by atoms with Crippen LogP contribution in [0.1, 0.15) is 17.2 Å². The van der Waals surface area contributed by atoms with Crippen molar-refractivity contribution in [2.24, 2.45) is 0 Å². The van der Waals surface area contributed by atoms with Gasteiger partial charge in [-0.25, -0.2) is 0 Å². The van der Waals surface area contributed by atoms with Crippen LogP contribution in [0.5, 0.6) is 0 Å². The summed E-state index contributed by atoms with van der Waals surface area (Å²) >= 11 is 5.89. The molecule has 0 spiro atoms. The fraction of sp³-hybridized carbons (Fsp3) is 0.364. The highest BCUT2D eigenvalue weighted by atomic mass is 35.5. The van der Waals surface area contributed by atoms with Crippen LogP contribution in [-0.4, -0.2) is 34.5 Å². The number of carboxylic acid groups (broad SMARTS) is 1. The fourth-order valence-corrected chi connectivity index (χ4v) is 2.49. The highest BCUT2D eigenvalue weighted by molar-refractivity contribution is 6.45. The molecule has 0 saturated carbocycles. The van der Waals surface area contributed by atoms with Gasteiger partial charge in [-0.2, -0.15) is 0 Å². The van der Waals surface area contributed by atoms with Gasteiger partial charge in [-0.3, -0.25) is 4.79 Å². The van der Waals surface area contributed by atoms with E-state index in [0.29, 0.717) is 23.6 Å². The van der Waals surface area contributed by atoms with Crippen molar-refractivity contribution in [2.45, 2.75) is 19.3 Å². The van der Waals surface area contributed by atoms with Crippen molar-refractivity contribution in [3.8, 4) is 0 Å². The predicted octanol–water partition coefficient (Wildman–Crippen LogP) is 1.43. The van der Waals surface area contributed by atoms with Gasteiger partial charge in [0.2, 0.25) is 0 Å². The zero-order valence-corrected chi connectivity index (χ0v) is 10.2. The standard InChI is InChI=1S/C11H13BClNO3/c1-12(17)14-5-4-7-6-8(13)2-3-9(7)10(14)11(15)16/h2-3,6,10,17H,4-5H2,1H3,(H,15,16). The summed E-state index contributed by atoms with van der Waals surface area (Å²) in [6.45, 7) is 2.10. The molecule has 0 aromatic heterocycles. The molecular formula is C11H13BClNO3. The summed E-state index contributed by atoms with van der Waals surface area (Å²) in [5.41, 5.74) is 1.66. The Kier molecular flexibility index (Phi) is 3.42. The number of nitrogens with zero attached hydrogens (tertiary/aromatic N) is 1. The number of rotatable bonds is 2. The molecule has 90 valence electrons. The van der Waals surface area contributed by atoms with E-state index in [1.807, 2.05) is 0 Å². The third kappa shape index (κ3) is 2.31. The number of carboxylic acids is 1. The van der Waals surface area contributed by atoms with E-state index < -0.39 is 19.1 Å². The molecule has 1 unspecified atom stereocenters. The quantitative estimate of drug-likeness (QED) is 0.783. The first-order valence-corrected chi connectivity index (χ1v) is 5.83. The minimum atomic E-state index is -0.950. The maximum atomic E-state index is 11.3. The molecule has 1 aromatic carbocycles. The maximum Gasteiger partial charge on any atom is 0.377 e. The first kappa shape index (κ1) is 12.4. The van der Waals surface area contributed by atoms with Crippen LogP contribution in [0.2, 0.25) is 11.8 Å². The Labute approximate surface area is 105 Å². The molecule has 1 aliphatic rings. The molecule has 1 aliphatic heterocycles. The van der Waals surface area contributed by atoms with Gasteiger partial charge >= 0.3 is 13.0 Å². The second kappa shape index (κ2) is 4.68. The van der Waals surface area contributed by atoms with Crippen LogP contribution in [0, 0.1) is 0 Å². The molecule has 2 rings (SSSR count). The summed E-state index contributed by atoms with van der Waals surface area (Å²) in [4.78, 5) is 12.9. The summed E-state index contributed by atoms with van der Waals surface area (Å²) in [5, 5.41) is 19.5. The lowest BCUT2D eigenvalue weighted by Gasteiger charge is -2.35. The summed E-state index contributed by atoms with van der Waals surface area (Å²) in [5.74, 6) is -0.950. The van der Waals surface area contributed by atoms with E-state index in [-0.39, 0.29) is 0 Å². The van der Waals surface area contributed by atoms with E-state index in [4.69, 9.17) is 11.6 Å². The van der Waals surface area contributed by atoms with Gasteiger partial charge in [-0.1, -0.05) is 17.7 Å². The van der Waals surface area contributed by atoms with E-state index in [1.165, 1.54) is 0 Å². The average molecular weight is 253 g/mol. The lowest BCUT2D eigenvalue weighted by Crippen LogP contribution is -2.47. The lowest BCUT2D eigenvalue weighted by atomic mass is 9.78. The largest absolute Gasteiger partial charge is 0.480 e. The molecule has 17 heavy (non-hydrogen) atoms. The molecule has 0 amide bonds. The van der Waals surface area contributed by atoms with Crippen LogP contribution >= 0.6 is 11.6 Å². The molecule has 0 saturated heterocycles. The Morgan fingerprint density at radius 2 is 2.29 bits per heavy atom. The topological polar surface area (TPSA) is 60.8 Å². The van der Waals surface area contributed by atoms with Crippen molar-refractivity contribution in [1.29, 1.82) is 0 Å². The minimum absolute atomic E-state index is 0.516. The second-order valence-corrected chi connectivity index (χ2v) is 4.64. The van der Waals surface area contributed by atoms with Gasteiger partial charge in [0.1, 0.15) is 6.04 Å². The molecule has 2 N–H and O–H groups in total. The van der Waals surface area contributed by atoms with E-state index in [0.717, 1.165) is 5.56 Å². The van der Waals surface area contributed by atoms with Crippen LogP contribution in [0.4, 0.5) is 0 Å². The van der Waals surface area contributed by atoms with E-state index in [2.05, 4.69) is 0 Å². The molecule has 0 fully saturated rings. The molecule has 1 aromatic rings. The summed E-state index contributed by atoms with van der Waals surface area (Å²) in [6, 6.07) is 4.41. The number of halogens is 1. The zero-order valence-electron chi connectivity index (χ0n) is 9.43. The number of benzene rings is 1. The maximum absolute atomic E-state index is 11.3. The summed E-state index contributed by atoms with van der Waals surface area (Å²) < 4.78 is 0. The van der Waals surface area contributed by atoms with Gasteiger partial charge in [0.25, 0.3) is 0 Å². The van der Waals surface area contributed by atoms with Crippen LogP contribution in [-0.2, 0) is 11.2 Å². The molecular weight excluding hydrogens is 240 g/mol. The Morgan fingerprint density at radius 3 is 2.88 bits per heavy atom. The van der Waals surface area contributed by atoms with Crippen molar-refractivity contribution in [3.63, 3.8) is 0 Å². The first-order chi connectivity index (χ1) is 8.00. The second-order valence-electron chi connectivity index (χ2n) is 4.20. The van der Waals surface area contributed by atoms with E-state index >= 15 is 0 Å². The number of hydrogen-bond acceptors (Lipinski definition) is 3. The fourth-order valence-electron chi connectivity index (χ4n) is 2.29. The molecule has 4 nitrogen and oxygen atoms in total. The molecule has 1 atom stereocenters. The Hall–Kier alpha value is -1.04. The molecule has 0 aliphatic carbocycles. The first-order valence-electron chi connectivity index (χ1n) is 5.45. The van der Waals surface area contributed by atoms with Crippen molar-refractivity contribution >= 4 is 24.6 Å². The van der Waals surface area contributed by atoms with Crippen molar-refractivity contribution in [3.05, 3.63) is 34.3 Å². The van der Waals surface area contributed by atoms with Crippen molar-refractivity contribution in [1.82, 2.24) is 4.81 Å². The van der Waals surface area contributed by atoms with Crippen molar-refractivity contribution < 1.29 is 14.9 Å². The summed E-state index contributed by atoms with van der Waals surface area (Å²) in [6.07, 6.45) is 0.699. The Morgan fingerprint density at radius 1 is 1.59 bits per heavy atom. The third-order valence-corrected chi connectivity index (χ3v) is 3.32. The molecule has 0 radical (unpaired) electrons. The van der Waals surface area contributed by atoms with Gasteiger partial charge in [0.05, 0.1) is 0 Å². The zero-order chi connectivity index (χ0) is 12.6. The SMILES string of the molecule is CB(O)N1CCc2cc(Cl)ccc2C1C(=O)O. The number of fused-ring (bicyclic) bond motifs is 1. The monoisotopic (exact) mass is 253 g/mol. The molecule has 1 heterocycles. The highest BCUT2D eigenvalue weighted by Gasteiger charge is 2.36. The number of carbonyl (C=O) groups is 1. The van der Waals surface area contributed by atoms with Gasteiger partial charge < -0.3 is 14.9 Å². The van der Waals surface area contributed by atoms with Gasteiger partial charge in [-0.15, -0.1) is 0 Å². The van der Waals surface area contributed by atoms with Gasteiger partial charge in [0.15, 0.2) is 0 Å². The number of hydrogen-bond donors (Lipinski definition) is 2.